The Morgan fingerprint density at radius 3 is 2.71 bits per heavy atom. The van der Waals surface area contributed by atoms with E-state index in [1.807, 2.05) is 0 Å². The summed E-state index contributed by atoms with van der Waals surface area (Å²) >= 11 is 0. The summed E-state index contributed by atoms with van der Waals surface area (Å²) in [6.45, 7) is 4.97. The maximum atomic E-state index is 3.60. The summed E-state index contributed by atoms with van der Waals surface area (Å²) in [5, 5.41) is 3.60. The minimum Gasteiger partial charge on any atom is -0.314 e. The molecule has 0 aliphatic carbocycles. The van der Waals surface area contributed by atoms with Gasteiger partial charge in [-0.1, -0.05) is 30.3 Å². The summed E-state index contributed by atoms with van der Waals surface area (Å²) < 4.78 is 0. The predicted molar refractivity (Wildman–Crippen MR) is 70.9 cm³/mol. The zero-order chi connectivity index (χ0) is 11.5. The van der Waals surface area contributed by atoms with Crippen molar-refractivity contribution in [1.82, 2.24) is 10.2 Å². The Morgan fingerprint density at radius 1 is 1.18 bits per heavy atom. The van der Waals surface area contributed by atoms with Gasteiger partial charge in [-0.2, -0.15) is 0 Å². The van der Waals surface area contributed by atoms with Crippen LogP contribution in [0.1, 0.15) is 24.8 Å². The number of nitrogens with zero attached hydrogens (tertiary/aromatic N) is 1. The lowest BCUT2D eigenvalue weighted by Crippen LogP contribution is -2.47. The van der Waals surface area contributed by atoms with Gasteiger partial charge >= 0.3 is 0 Å². The summed E-state index contributed by atoms with van der Waals surface area (Å²) in [4.78, 5) is 2.56. The third-order valence-corrected chi connectivity index (χ3v) is 4.06. The highest BCUT2D eigenvalue weighted by atomic mass is 15.2. The largest absolute Gasteiger partial charge is 0.314 e. The predicted octanol–water partition coefficient (Wildman–Crippen LogP) is 2.26. The molecule has 2 fully saturated rings. The van der Waals surface area contributed by atoms with E-state index in [9.17, 15) is 0 Å². The molecule has 2 saturated heterocycles. The van der Waals surface area contributed by atoms with E-state index in [4.69, 9.17) is 0 Å². The molecule has 1 aromatic rings. The Bertz CT molecular complexity index is 337. The molecular formula is C15H22N2. The van der Waals surface area contributed by atoms with E-state index in [2.05, 4.69) is 40.5 Å². The zero-order valence-electron chi connectivity index (χ0n) is 10.4. The lowest BCUT2D eigenvalue weighted by molar-refractivity contribution is 0.0801. The molecule has 92 valence electrons. The van der Waals surface area contributed by atoms with Gasteiger partial charge in [0.05, 0.1) is 0 Å². The summed E-state index contributed by atoms with van der Waals surface area (Å²) in [7, 11) is 0. The lowest BCUT2D eigenvalue weighted by Gasteiger charge is -2.40. The summed E-state index contributed by atoms with van der Waals surface area (Å²) in [6, 6.07) is 11.6. The number of benzene rings is 1. The van der Waals surface area contributed by atoms with Crippen LogP contribution in [-0.4, -0.2) is 30.6 Å². The molecular weight excluding hydrogens is 208 g/mol. The van der Waals surface area contributed by atoms with Gasteiger partial charge in [-0.25, -0.2) is 0 Å². The van der Waals surface area contributed by atoms with Crippen LogP contribution in [0.2, 0.25) is 0 Å². The van der Waals surface area contributed by atoms with Crippen molar-refractivity contribution in [2.24, 2.45) is 5.92 Å². The van der Waals surface area contributed by atoms with E-state index >= 15 is 0 Å². The number of nitrogens with one attached hydrogen (secondary N) is 1. The number of rotatable bonds is 4. The van der Waals surface area contributed by atoms with Gasteiger partial charge in [0.2, 0.25) is 0 Å². The molecule has 1 unspecified atom stereocenters. The van der Waals surface area contributed by atoms with Crippen LogP contribution >= 0.6 is 0 Å². The van der Waals surface area contributed by atoms with Crippen LogP contribution < -0.4 is 5.32 Å². The van der Waals surface area contributed by atoms with E-state index in [0.717, 1.165) is 18.5 Å². The van der Waals surface area contributed by atoms with Gasteiger partial charge in [0.1, 0.15) is 0 Å². The first-order valence-corrected chi connectivity index (χ1v) is 6.90. The molecule has 2 aliphatic heterocycles. The van der Waals surface area contributed by atoms with Crippen LogP contribution in [-0.2, 0) is 6.54 Å². The van der Waals surface area contributed by atoms with E-state index in [1.165, 1.54) is 44.5 Å². The molecule has 2 nitrogen and oxygen atoms in total. The van der Waals surface area contributed by atoms with Crippen molar-refractivity contribution in [3.05, 3.63) is 35.9 Å². The Labute approximate surface area is 104 Å². The van der Waals surface area contributed by atoms with Crippen molar-refractivity contribution in [2.75, 3.05) is 19.6 Å². The number of hydrogen-bond donors (Lipinski definition) is 1. The van der Waals surface area contributed by atoms with Gasteiger partial charge in [-0.05, 0) is 37.3 Å². The molecule has 0 radical (unpaired) electrons. The zero-order valence-corrected chi connectivity index (χ0v) is 10.4. The maximum Gasteiger partial charge on any atom is 0.0233 e. The molecule has 2 heteroatoms. The summed E-state index contributed by atoms with van der Waals surface area (Å²) in [5.41, 5.74) is 1.45. The summed E-state index contributed by atoms with van der Waals surface area (Å²) in [5.74, 6) is 0.939. The first-order chi connectivity index (χ1) is 8.40. The minimum absolute atomic E-state index is 0.818. The topological polar surface area (TPSA) is 15.3 Å². The van der Waals surface area contributed by atoms with E-state index in [1.54, 1.807) is 0 Å². The molecule has 1 N–H and O–H groups in total. The molecule has 0 saturated carbocycles. The Hall–Kier alpha value is -0.860. The van der Waals surface area contributed by atoms with Gasteiger partial charge in [-0.15, -0.1) is 0 Å². The average Bonchev–Trinajstić information content (AvgIpc) is 2.80. The quantitative estimate of drug-likeness (QED) is 0.853. The molecule has 0 spiro atoms. The molecule has 3 rings (SSSR count). The Balaban J connectivity index is 1.39. The fraction of sp³-hybridized carbons (Fsp3) is 0.600. The van der Waals surface area contributed by atoms with Gasteiger partial charge in [-0.3, -0.25) is 4.90 Å². The molecule has 0 aromatic heterocycles. The molecule has 2 aliphatic rings. The Kier molecular flexibility index (Phi) is 3.44. The highest BCUT2D eigenvalue weighted by Crippen LogP contribution is 2.25. The molecule has 0 amide bonds. The summed E-state index contributed by atoms with van der Waals surface area (Å²) in [6.07, 6.45) is 4.17. The van der Waals surface area contributed by atoms with E-state index < -0.39 is 0 Å². The van der Waals surface area contributed by atoms with Crippen LogP contribution in [0.5, 0.6) is 0 Å². The molecule has 2 heterocycles. The number of hydrogen-bond acceptors (Lipinski definition) is 2. The maximum absolute atomic E-state index is 3.60. The van der Waals surface area contributed by atoms with Crippen LogP contribution in [0.25, 0.3) is 0 Å². The lowest BCUT2D eigenvalue weighted by atomic mass is 9.91. The second-order valence-electron chi connectivity index (χ2n) is 5.57. The second-order valence-corrected chi connectivity index (χ2v) is 5.57. The van der Waals surface area contributed by atoms with Crippen molar-refractivity contribution in [1.29, 1.82) is 0 Å². The van der Waals surface area contributed by atoms with Crippen LogP contribution in [0.3, 0.4) is 0 Å². The smallest absolute Gasteiger partial charge is 0.0233 e. The first kappa shape index (κ1) is 11.2. The van der Waals surface area contributed by atoms with E-state index in [-0.39, 0.29) is 0 Å². The highest BCUT2D eigenvalue weighted by molar-refractivity contribution is 5.14. The van der Waals surface area contributed by atoms with Crippen molar-refractivity contribution >= 4 is 0 Å². The van der Waals surface area contributed by atoms with Crippen LogP contribution in [0, 0.1) is 5.92 Å². The van der Waals surface area contributed by atoms with Crippen molar-refractivity contribution in [3.63, 3.8) is 0 Å². The second kappa shape index (κ2) is 5.19. The third-order valence-electron chi connectivity index (χ3n) is 4.06. The standard InChI is InChI=1S/C15H22N2/c1-2-5-13(6-3-1)10-17-11-14(12-17)9-15-7-4-8-16-15/h1-3,5-6,14-16H,4,7-12H2. The van der Waals surface area contributed by atoms with E-state index in [0.29, 0.717) is 0 Å². The van der Waals surface area contributed by atoms with Gasteiger partial charge < -0.3 is 5.32 Å². The monoisotopic (exact) mass is 230 g/mol. The molecule has 1 aromatic carbocycles. The average molecular weight is 230 g/mol. The fourth-order valence-electron chi connectivity index (χ4n) is 3.16. The van der Waals surface area contributed by atoms with Gasteiger partial charge in [0, 0.05) is 25.7 Å². The normalized spacial score (nSPS) is 26.0. The Morgan fingerprint density at radius 2 is 2.00 bits per heavy atom. The third kappa shape index (κ3) is 2.88. The van der Waals surface area contributed by atoms with Gasteiger partial charge in [0.15, 0.2) is 0 Å². The number of likely N-dealkylation sites (tertiary alicyclic amines) is 1. The van der Waals surface area contributed by atoms with Crippen LogP contribution in [0.4, 0.5) is 0 Å². The fourth-order valence-corrected chi connectivity index (χ4v) is 3.16. The van der Waals surface area contributed by atoms with Crippen molar-refractivity contribution in [3.8, 4) is 0 Å². The molecule has 0 bridgehead atoms. The minimum atomic E-state index is 0.818. The first-order valence-electron chi connectivity index (χ1n) is 6.90. The van der Waals surface area contributed by atoms with Crippen LogP contribution in [0.15, 0.2) is 30.3 Å². The van der Waals surface area contributed by atoms with Crippen molar-refractivity contribution < 1.29 is 0 Å². The highest BCUT2D eigenvalue weighted by Gasteiger charge is 2.29. The molecule has 17 heavy (non-hydrogen) atoms. The van der Waals surface area contributed by atoms with Crippen molar-refractivity contribution in [2.45, 2.75) is 31.8 Å². The SMILES string of the molecule is c1ccc(CN2CC(CC3CCCN3)C2)cc1. The van der Waals surface area contributed by atoms with Gasteiger partial charge in [0.25, 0.3) is 0 Å². The molecule has 1 atom stereocenters.